The highest BCUT2D eigenvalue weighted by atomic mass is 127. The van der Waals surface area contributed by atoms with Gasteiger partial charge >= 0.3 is 5.97 Å². The number of hydrogen-bond acceptors (Lipinski definition) is 2. The number of aliphatic carboxylic acids is 1. The molecule has 0 aliphatic carbocycles. The second-order valence-corrected chi connectivity index (χ2v) is 4.14. The summed E-state index contributed by atoms with van der Waals surface area (Å²) in [7, 11) is 1.41. The Bertz CT molecular complexity index is 308. The lowest BCUT2D eigenvalue weighted by molar-refractivity contribution is -0.148. The second kappa shape index (κ2) is 5.31. The maximum absolute atomic E-state index is 10.7. The first-order valence-corrected chi connectivity index (χ1v) is 5.21. The molecule has 0 heterocycles. The van der Waals surface area contributed by atoms with Crippen molar-refractivity contribution in [2.45, 2.75) is 12.5 Å². The monoisotopic (exact) mass is 306 g/mol. The van der Waals surface area contributed by atoms with E-state index in [0.717, 1.165) is 9.13 Å². The molecular weight excluding hydrogens is 295 g/mol. The fraction of sp³-hybridized carbons (Fsp3) is 0.300. The van der Waals surface area contributed by atoms with E-state index in [1.807, 2.05) is 24.3 Å². The highest BCUT2D eigenvalue weighted by Crippen LogP contribution is 2.09. The fourth-order valence-electron chi connectivity index (χ4n) is 1.11. The summed E-state index contributed by atoms with van der Waals surface area (Å²) in [5, 5.41) is 8.76. The zero-order chi connectivity index (χ0) is 10.6. The van der Waals surface area contributed by atoms with Crippen molar-refractivity contribution in [1.82, 2.24) is 0 Å². The third kappa shape index (κ3) is 3.26. The van der Waals surface area contributed by atoms with E-state index in [0.29, 0.717) is 6.42 Å². The third-order valence-corrected chi connectivity index (χ3v) is 2.61. The predicted molar refractivity (Wildman–Crippen MR) is 61.3 cm³/mol. The normalized spacial score (nSPS) is 12.4. The van der Waals surface area contributed by atoms with Crippen LogP contribution < -0.4 is 0 Å². The van der Waals surface area contributed by atoms with Crippen LogP contribution >= 0.6 is 22.6 Å². The van der Waals surface area contributed by atoms with E-state index in [2.05, 4.69) is 22.6 Å². The zero-order valence-corrected chi connectivity index (χ0v) is 9.89. The van der Waals surface area contributed by atoms with Crippen molar-refractivity contribution in [2.24, 2.45) is 0 Å². The molecule has 0 spiro atoms. The SMILES string of the molecule is CO[C@H](Cc1ccc(I)cc1)C(=O)O. The Morgan fingerprint density at radius 2 is 2.07 bits per heavy atom. The molecule has 0 aliphatic heterocycles. The van der Waals surface area contributed by atoms with E-state index in [1.165, 1.54) is 7.11 Å². The van der Waals surface area contributed by atoms with Crippen LogP contribution in [0, 0.1) is 3.57 Å². The molecule has 4 heteroatoms. The number of methoxy groups -OCH3 is 1. The molecule has 1 rings (SSSR count). The van der Waals surface area contributed by atoms with Gasteiger partial charge in [-0.05, 0) is 40.3 Å². The van der Waals surface area contributed by atoms with Gasteiger partial charge in [0, 0.05) is 17.1 Å². The molecule has 0 radical (unpaired) electrons. The highest BCUT2D eigenvalue weighted by molar-refractivity contribution is 14.1. The van der Waals surface area contributed by atoms with Gasteiger partial charge in [0.1, 0.15) is 0 Å². The molecule has 0 saturated heterocycles. The Hall–Kier alpha value is -0.620. The van der Waals surface area contributed by atoms with Crippen molar-refractivity contribution >= 4 is 28.6 Å². The number of halogens is 1. The van der Waals surface area contributed by atoms with Crippen molar-refractivity contribution < 1.29 is 14.6 Å². The van der Waals surface area contributed by atoms with Crippen LogP contribution in [-0.4, -0.2) is 24.3 Å². The smallest absolute Gasteiger partial charge is 0.333 e. The summed E-state index contributed by atoms with van der Waals surface area (Å²) in [4.78, 5) is 10.7. The van der Waals surface area contributed by atoms with Crippen LogP contribution in [0.15, 0.2) is 24.3 Å². The van der Waals surface area contributed by atoms with E-state index in [4.69, 9.17) is 9.84 Å². The van der Waals surface area contributed by atoms with E-state index < -0.39 is 12.1 Å². The van der Waals surface area contributed by atoms with Gasteiger partial charge in [-0.25, -0.2) is 4.79 Å². The fourth-order valence-corrected chi connectivity index (χ4v) is 1.47. The predicted octanol–water partition coefficient (Wildman–Crippen LogP) is 1.93. The van der Waals surface area contributed by atoms with Gasteiger partial charge in [0.05, 0.1) is 0 Å². The van der Waals surface area contributed by atoms with Crippen molar-refractivity contribution in [3.8, 4) is 0 Å². The van der Waals surface area contributed by atoms with Gasteiger partial charge in [-0.15, -0.1) is 0 Å². The molecule has 0 bridgehead atoms. The van der Waals surface area contributed by atoms with Crippen LogP contribution in [-0.2, 0) is 16.0 Å². The van der Waals surface area contributed by atoms with Crippen LogP contribution in [0.25, 0.3) is 0 Å². The molecule has 76 valence electrons. The summed E-state index contributed by atoms with van der Waals surface area (Å²) in [6, 6.07) is 7.72. The molecule has 0 amide bonds. The molecule has 1 aromatic carbocycles. The molecule has 1 N–H and O–H groups in total. The molecule has 0 aliphatic rings. The van der Waals surface area contributed by atoms with Gasteiger partial charge in [0.2, 0.25) is 0 Å². The van der Waals surface area contributed by atoms with Crippen molar-refractivity contribution in [1.29, 1.82) is 0 Å². The molecular formula is C10H11IO3. The second-order valence-electron chi connectivity index (χ2n) is 2.89. The van der Waals surface area contributed by atoms with Crippen molar-refractivity contribution in [2.75, 3.05) is 7.11 Å². The highest BCUT2D eigenvalue weighted by Gasteiger charge is 2.16. The topological polar surface area (TPSA) is 46.5 Å². The van der Waals surface area contributed by atoms with Gasteiger partial charge in [-0.3, -0.25) is 0 Å². The molecule has 1 aromatic rings. The third-order valence-electron chi connectivity index (χ3n) is 1.89. The first kappa shape index (κ1) is 11.5. The number of ether oxygens (including phenoxy) is 1. The minimum absolute atomic E-state index is 0.406. The maximum Gasteiger partial charge on any atom is 0.333 e. The molecule has 0 aromatic heterocycles. The number of rotatable bonds is 4. The Morgan fingerprint density at radius 3 is 2.50 bits per heavy atom. The van der Waals surface area contributed by atoms with Gasteiger partial charge in [-0.2, -0.15) is 0 Å². The lowest BCUT2D eigenvalue weighted by atomic mass is 10.1. The van der Waals surface area contributed by atoms with Gasteiger partial charge in [0.15, 0.2) is 6.10 Å². The van der Waals surface area contributed by atoms with Crippen LogP contribution in [0.1, 0.15) is 5.56 Å². The van der Waals surface area contributed by atoms with Crippen LogP contribution in [0.2, 0.25) is 0 Å². The van der Waals surface area contributed by atoms with Crippen LogP contribution in [0.4, 0.5) is 0 Å². The Labute approximate surface area is 96.2 Å². The molecule has 3 nitrogen and oxygen atoms in total. The van der Waals surface area contributed by atoms with Gasteiger partial charge in [-0.1, -0.05) is 12.1 Å². The summed E-state index contributed by atoms with van der Waals surface area (Å²) in [6.07, 6.45) is -0.349. The lowest BCUT2D eigenvalue weighted by Crippen LogP contribution is -2.24. The lowest BCUT2D eigenvalue weighted by Gasteiger charge is -2.09. The van der Waals surface area contributed by atoms with Crippen molar-refractivity contribution in [3.63, 3.8) is 0 Å². The number of hydrogen-bond donors (Lipinski definition) is 1. The molecule has 0 unspecified atom stereocenters. The molecule has 0 fully saturated rings. The largest absolute Gasteiger partial charge is 0.479 e. The average Bonchev–Trinajstić information content (AvgIpc) is 2.16. The Morgan fingerprint density at radius 1 is 1.50 bits per heavy atom. The molecule has 0 saturated carbocycles. The first-order valence-electron chi connectivity index (χ1n) is 4.13. The number of carboxylic acids is 1. The summed E-state index contributed by atoms with van der Waals surface area (Å²) in [5.41, 5.74) is 0.972. The standard InChI is InChI=1S/C10H11IO3/c1-14-9(10(12)13)6-7-2-4-8(11)5-3-7/h2-5,9H,6H2,1H3,(H,12,13)/t9-/m1/s1. The Kier molecular flexibility index (Phi) is 4.34. The van der Waals surface area contributed by atoms with Gasteiger partial charge < -0.3 is 9.84 Å². The average molecular weight is 306 g/mol. The molecule has 14 heavy (non-hydrogen) atoms. The summed E-state index contributed by atoms with van der Waals surface area (Å²) < 4.78 is 5.98. The zero-order valence-electron chi connectivity index (χ0n) is 7.74. The van der Waals surface area contributed by atoms with E-state index in [-0.39, 0.29) is 0 Å². The number of benzene rings is 1. The minimum atomic E-state index is -0.925. The van der Waals surface area contributed by atoms with E-state index in [9.17, 15) is 4.79 Å². The summed E-state index contributed by atoms with van der Waals surface area (Å²) in [5.74, 6) is -0.925. The quantitative estimate of drug-likeness (QED) is 0.865. The number of carboxylic acid groups (broad SMARTS) is 1. The van der Waals surface area contributed by atoms with Crippen LogP contribution in [0.3, 0.4) is 0 Å². The first-order chi connectivity index (χ1) is 6.63. The Balaban J connectivity index is 2.67. The number of carbonyl (C=O) groups is 1. The van der Waals surface area contributed by atoms with E-state index in [1.54, 1.807) is 0 Å². The molecule has 1 atom stereocenters. The summed E-state index contributed by atoms with van der Waals surface area (Å²) >= 11 is 2.21. The van der Waals surface area contributed by atoms with Crippen molar-refractivity contribution in [3.05, 3.63) is 33.4 Å². The summed E-state index contributed by atoms with van der Waals surface area (Å²) in [6.45, 7) is 0. The minimum Gasteiger partial charge on any atom is -0.479 e. The van der Waals surface area contributed by atoms with E-state index >= 15 is 0 Å². The van der Waals surface area contributed by atoms with Crippen LogP contribution in [0.5, 0.6) is 0 Å². The maximum atomic E-state index is 10.7. The van der Waals surface area contributed by atoms with Gasteiger partial charge in [0.25, 0.3) is 0 Å².